The molecule has 64 heavy (non-hydrogen) atoms. The maximum Gasteiger partial charge on any atom is 0.307 e. The molecule has 2 aliphatic heterocycles. The van der Waals surface area contributed by atoms with Crippen LogP contribution in [-0.2, 0) is 30.2 Å². The van der Waals surface area contributed by atoms with Gasteiger partial charge in [-0.15, -0.1) is 0 Å². The number of allylic oxidation sites excluding steroid dienone is 3. The Hall–Kier alpha value is -5.81. The number of rotatable bonds is 6. The molecule has 6 rings (SSSR count). The molecule has 3 aromatic carbocycles. The Labute approximate surface area is 370 Å². The molecule has 344 valence electrons. The molecule has 16 nitrogen and oxygen atoms in total. The van der Waals surface area contributed by atoms with Crippen LogP contribution in [0.5, 0.6) is 17.2 Å². The smallest absolute Gasteiger partial charge is 0.307 e. The van der Waals surface area contributed by atoms with E-state index in [0.29, 0.717) is 6.54 Å². The number of aromatic nitrogens is 1. The number of phenolic OH excluding ortho intramolecular Hbond substituents is 1. The lowest BCUT2D eigenvalue weighted by Crippen LogP contribution is -2.46. The highest BCUT2D eigenvalue weighted by atomic mass is 16.7. The predicted octanol–water partition coefficient (Wildman–Crippen LogP) is 4.67. The van der Waals surface area contributed by atoms with Crippen molar-refractivity contribution >= 4 is 50.5 Å². The Morgan fingerprint density at radius 3 is 2.33 bits per heavy atom. The van der Waals surface area contributed by atoms with Crippen molar-refractivity contribution in [3.8, 4) is 17.2 Å². The molecule has 0 fully saturated rings. The number of phenols is 1. The van der Waals surface area contributed by atoms with Gasteiger partial charge in [-0.05, 0) is 39.6 Å². The fourth-order valence-electron chi connectivity index (χ4n) is 8.51. The summed E-state index contributed by atoms with van der Waals surface area (Å²) < 4.78 is 36.1. The standard InChI is InChI=1S/C48H58N2O14/c1-22-13-12-14-23(2)40(54)25(4)41(55)26(5)44(62-28(7)51)24(3)33(59-11)15-17-61-48(8)47(58)37-35-36(42(56)27(6)45(37)64-48)43(57)30(21-31(22)52)46-39(35)49-38-32(53)19-29(20-34(38)63-46)60-18-16-50(9)10/h12-15,17,19-20,23-26,33,40-41,44,54-56,58H,16,18,21H2,1-11H3/b14-12-,17-15-,22-13+/t23-,24+,25+,26+,33-,40-,41+,44+,48-/m0/s1. The summed E-state index contributed by atoms with van der Waals surface area (Å²) in [5.41, 5.74) is -1.70. The van der Waals surface area contributed by atoms with Gasteiger partial charge in [-0.25, -0.2) is 4.98 Å². The third-order valence-electron chi connectivity index (χ3n) is 12.5. The third-order valence-corrected chi connectivity index (χ3v) is 12.5. The number of Topliss-reactive ketones (excluding diaryl/α,β-unsaturated/α-hetero) is 1. The number of likely N-dealkylation sites (N-methyl/N-ethyl adjacent to an activating group) is 1. The molecule has 9 atom stereocenters. The molecule has 4 bridgehead atoms. The molecular weight excluding hydrogens is 829 g/mol. The fraction of sp³-hybridized carbons (Fsp3) is 0.479. The van der Waals surface area contributed by atoms with Crippen molar-refractivity contribution in [1.82, 2.24) is 9.88 Å². The highest BCUT2D eigenvalue weighted by Crippen LogP contribution is 2.42. The molecule has 1 aromatic heterocycles. The van der Waals surface area contributed by atoms with Crippen LogP contribution in [0.15, 0.2) is 62.3 Å². The molecule has 0 spiro atoms. The largest absolute Gasteiger partial charge is 0.507 e. The van der Waals surface area contributed by atoms with E-state index in [9.17, 15) is 39.6 Å². The molecule has 4 N–H and O–H groups in total. The van der Waals surface area contributed by atoms with Gasteiger partial charge in [0, 0.05) is 80.7 Å². The van der Waals surface area contributed by atoms with Gasteiger partial charge < -0.3 is 53.4 Å². The lowest BCUT2D eigenvalue weighted by Gasteiger charge is -2.38. The third kappa shape index (κ3) is 8.96. The molecule has 16 heteroatoms. The number of aliphatic hydroxyl groups excluding tert-OH is 3. The predicted molar refractivity (Wildman–Crippen MR) is 239 cm³/mol. The Kier molecular flexibility index (Phi) is 13.9. The van der Waals surface area contributed by atoms with Crippen molar-refractivity contribution < 1.29 is 58.1 Å². The second-order valence-corrected chi connectivity index (χ2v) is 17.4. The number of hydrogen-bond donors (Lipinski definition) is 4. The monoisotopic (exact) mass is 886 g/mol. The minimum atomic E-state index is -1.98. The van der Waals surface area contributed by atoms with E-state index in [-0.39, 0.29) is 73.0 Å². The first-order valence-electron chi connectivity index (χ1n) is 21.2. The van der Waals surface area contributed by atoms with Crippen molar-refractivity contribution in [3.05, 3.63) is 85.1 Å². The van der Waals surface area contributed by atoms with Crippen LogP contribution >= 0.6 is 0 Å². The first kappa shape index (κ1) is 47.7. The van der Waals surface area contributed by atoms with Crippen molar-refractivity contribution in [2.45, 2.75) is 92.0 Å². The Morgan fingerprint density at radius 2 is 1.67 bits per heavy atom. The minimum absolute atomic E-state index is 0.0365. The van der Waals surface area contributed by atoms with Gasteiger partial charge in [0.05, 0.1) is 40.7 Å². The second-order valence-electron chi connectivity index (χ2n) is 17.4. The highest BCUT2D eigenvalue weighted by molar-refractivity contribution is 6.11. The van der Waals surface area contributed by atoms with E-state index in [1.807, 2.05) is 19.0 Å². The van der Waals surface area contributed by atoms with Gasteiger partial charge in [0.1, 0.15) is 35.5 Å². The normalized spacial score (nSPS) is 28.9. The second kappa shape index (κ2) is 18.7. The Morgan fingerprint density at radius 1 is 0.969 bits per heavy atom. The zero-order chi connectivity index (χ0) is 47.1. The number of aromatic hydroxyl groups is 1. The first-order valence-corrected chi connectivity index (χ1v) is 21.2. The zero-order valence-corrected chi connectivity index (χ0v) is 38.0. The summed E-state index contributed by atoms with van der Waals surface area (Å²) >= 11 is 0. The summed E-state index contributed by atoms with van der Waals surface area (Å²) in [7, 11) is 5.18. The van der Waals surface area contributed by atoms with Crippen molar-refractivity contribution in [2.75, 3.05) is 34.4 Å². The molecule has 0 amide bonds. The maximum atomic E-state index is 14.8. The number of aliphatic hydroxyl groups is 3. The number of esters is 1. The molecule has 4 aromatic rings. The van der Waals surface area contributed by atoms with Crippen molar-refractivity contribution in [1.29, 1.82) is 0 Å². The van der Waals surface area contributed by atoms with Crippen molar-refractivity contribution in [3.63, 3.8) is 0 Å². The first-order chi connectivity index (χ1) is 30.1. The maximum absolute atomic E-state index is 14.8. The molecular formula is C48H58N2O14. The van der Waals surface area contributed by atoms with E-state index in [4.69, 9.17) is 33.1 Å². The van der Waals surface area contributed by atoms with Crippen LogP contribution in [-0.4, -0.2) is 107 Å². The van der Waals surface area contributed by atoms with Crippen LogP contribution in [0.3, 0.4) is 0 Å². The van der Waals surface area contributed by atoms with Gasteiger partial charge in [-0.3, -0.25) is 19.2 Å². The summed E-state index contributed by atoms with van der Waals surface area (Å²) in [6.45, 7) is 13.4. The molecule has 0 saturated heterocycles. The van der Waals surface area contributed by atoms with Crippen LogP contribution in [0.2, 0.25) is 0 Å². The van der Waals surface area contributed by atoms with Gasteiger partial charge >= 0.3 is 11.8 Å². The van der Waals surface area contributed by atoms with Crippen LogP contribution in [0.1, 0.15) is 59.6 Å². The number of ketones is 1. The van der Waals surface area contributed by atoms with Crippen LogP contribution in [0.25, 0.3) is 38.7 Å². The number of ether oxygens (including phenoxy) is 5. The number of nitrogens with zero attached hydrogens (tertiary/aromatic N) is 2. The highest BCUT2D eigenvalue weighted by Gasteiger charge is 2.44. The number of fused-ring (bicyclic) bond motifs is 2. The van der Waals surface area contributed by atoms with Gasteiger partial charge in [0.25, 0.3) is 0 Å². The number of carbonyl (C=O) groups is 2. The lowest BCUT2D eigenvalue weighted by atomic mass is 9.78. The number of methoxy groups -OCH3 is 1. The van der Waals surface area contributed by atoms with Crippen LogP contribution < -0.4 is 25.5 Å². The van der Waals surface area contributed by atoms with Crippen LogP contribution in [0, 0.1) is 30.6 Å². The van der Waals surface area contributed by atoms with Gasteiger partial charge in [0.2, 0.25) is 5.43 Å². The van der Waals surface area contributed by atoms with E-state index >= 15 is 0 Å². The van der Waals surface area contributed by atoms with E-state index < -0.39 is 94.4 Å². The van der Waals surface area contributed by atoms with Gasteiger partial charge in [-0.1, -0.05) is 45.9 Å². The number of hydrogen-bond acceptors (Lipinski definition) is 16. The lowest BCUT2D eigenvalue weighted by molar-refractivity contribution is -0.160. The summed E-state index contributed by atoms with van der Waals surface area (Å²) in [4.78, 5) is 61.5. The fourth-order valence-corrected chi connectivity index (χ4v) is 8.51. The SMILES string of the molecule is CO[C@H]1/C=C\O[C@@]2(C)Oc3c(C)c(O)c4c(=O)c(c5oc6cc(OCCN(C)C)cc(=O)c6nc5c4c3=C2O)CC(=O)/C(C)=C/C=C\[C@H](C)[C@H](O)[C@@H](C)[C@@H](O)[C@@H](C)[C@H](OC(C)=O)[C@@H]1C. The summed E-state index contributed by atoms with van der Waals surface area (Å²) in [6, 6.07) is 2.72. The topological polar surface area (TPSA) is 225 Å². The average Bonchev–Trinajstić information content (AvgIpc) is 3.51. The Bertz CT molecular complexity index is 2760. The van der Waals surface area contributed by atoms with Gasteiger partial charge in [-0.2, -0.15) is 0 Å². The molecule has 0 saturated carbocycles. The molecule has 0 radical (unpaired) electrons. The van der Waals surface area contributed by atoms with E-state index in [0.717, 1.165) is 0 Å². The van der Waals surface area contributed by atoms with E-state index in [2.05, 4.69) is 0 Å². The van der Waals surface area contributed by atoms with E-state index in [1.54, 1.807) is 46.8 Å². The number of carbonyl (C=O) groups excluding carboxylic acids is 2. The molecule has 3 heterocycles. The summed E-state index contributed by atoms with van der Waals surface area (Å²) in [5, 5.41) is 46.4. The molecule has 2 aliphatic rings. The number of benzene rings is 3. The minimum Gasteiger partial charge on any atom is -0.507 e. The molecule has 0 aliphatic carbocycles. The van der Waals surface area contributed by atoms with Crippen LogP contribution in [0.4, 0.5) is 0 Å². The summed E-state index contributed by atoms with van der Waals surface area (Å²) in [6.07, 6.45) is 3.13. The average molecular weight is 887 g/mol. The van der Waals surface area contributed by atoms with Gasteiger partial charge in [0.15, 0.2) is 33.7 Å². The quantitative estimate of drug-likeness (QED) is 0.117. The van der Waals surface area contributed by atoms with Crippen molar-refractivity contribution in [2.24, 2.45) is 23.7 Å². The molecule has 0 unspecified atom stereocenters. The summed E-state index contributed by atoms with van der Waals surface area (Å²) in [5.74, 6) is -6.45. The zero-order valence-electron chi connectivity index (χ0n) is 38.0. The Balaban J connectivity index is 1.63. The van der Waals surface area contributed by atoms with E-state index in [1.165, 1.54) is 58.4 Å².